The predicted molar refractivity (Wildman–Crippen MR) is 71.9 cm³/mol. The van der Waals surface area contributed by atoms with Gasteiger partial charge in [-0.3, -0.25) is 0 Å². The van der Waals surface area contributed by atoms with Gasteiger partial charge in [-0.05, 0) is 31.2 Å². The van der Waals surface area contributed by atoms with Crippen LogP contribution in [0.5, 0.6) is 0 Å². The van der Waals surface area contributed by atoms with Gasteiger partial charge in [0.15, 0.2) is 5.76 Å². The molecule has 5 nitrogen and oxygen atoms in total. The standard InChI is InChI=1S/C11H11BrN4O/c1-6(15-16-11(13)14)10-5-7-4-8(12)2-3-9(7)17-10/h2-5H,1H3,(H4,13,14,16)/b15-6-. The third kappa shape index (κ3) is 2.65. The molecule has 0 aliphatic rings. The second kappa shape index (κ2) is 4.58. The van der Waals surface area contributed by atoms with Crippen LogP contribution in [0.15, 0.2) is 43.4 Å². The fourth-order valence-corrected chi connectivity index (χ4v) is 1.75. The van der Waals surface area contributed by atoms with Crippen molar-refractivity contribution >= 4 is 38.6 Å². The van der Waals surface area contributed by atoms with Crippen LogP contribution in [0.25, 0.3) is 11.0 Å². The number of guanidine groups is 1. The summed E-state index contributed by atoms with van der Waals surface area (Å²) in [6.45, 7) is 1.78. The number of benzene rings is 1. The van der Waals surface area contributed by atoms with Gasteiger partial charge in [-0.25, -0.2) is 0 Å². The summed E-state index contributed by atoms with van der Waals surface area (Å²) in [5.74, 6) is 0.561. The molecule has 0 amide bonds. The minimum absolute atomic E-state index is 0.0804. The van der Waals surface area contributed by atoms with E-state index in [4.69, 9.17) is 15.9 Å². The molecular formula is C11H11BrN4O. The molecule has 17 heavy (non-hydrogen) atoms. The molecule has 0 bridgehead atoms. The average molecular weight is 295 g/mol. The number of hydrogen-bond donors (Lipinski definition) is 2. The normalized spacial score (nSPS) is 11.8. The van der Waals surface area contributed by atoms with Gasteiger partial charge in [-0.2, -0.15) is 0 Å². The Labute approximate surface area is 106 Å². The van der Waals surface area contributed by atoms with E-state index in [0.717, 1.165) is 15.4 Å². The van der Waals surface area contributed by atoms with Gasteiger partial charge in [0, 0.05) is 9.86 Å². The molecule has 0 spiro atoms. The van der Waals surface area contributed by atoms with Crippen LogP contribution in [0, 0.1) is 0 Å². The van der Waals surface area contributed by atoms with E-state index in [-0.39, 0.29) is 5.96 Å². The highest BCUT2D eigenvalue weighted by atomic mass is 79.9. The van der Waals surface area contributed by atoms with E-state index in [1.807, 2.05) is 24.3 Å². The van der Waals surface area contributed by atoms with Crippen molar-refractivity contribution in [3.63, 3.8) is 0 Å². The summed E-state index contributed by atoms with van der Waals surface area (Å²) in [7, 11) is 0. The van der Waals surface area contributed by atoms with Gasteiger partial charge in [-0.1, -0.05) is 15.9 Å². The molecule has 0 aliphatic carbocycles. The Morgan fingerprint density at radius 2 is 2.00 bits per heavy atom. The first-order valence-electron chi connectivity index (χ1n) is 4.89. The van der Waals surface area contributed by atoms with Gasteiger partial charge in [0.05, 0.1) is 0 Å². The van der Waals surface area contributed by atoms with E-state index in [1.165, 1.54) is 0 Å². The van der Waals surface area contributed by atoms with Crippen molar-refractivity contribution in [3.8, 4) is 0 Å². The maximum atomic E-state index is 5.61. The van der Waals surface area contributed by atoms with Crippen molar-refractivity contribution in [2.75, 3.05) is 0 Å². The van der Waals surface area contributed by atoms with Crippen LogP contribution >= 0.6 is 15.9 Å². The zero-order chi connectivity index (χ0) is 12.4. The molecule has 2 rings (SSSR count). The minimum atomic E-state index is -0.0804. The first-order chi connectivity index (χ1) is 8.06. The Bertz CT molecular complexity index is 611. The summed E-state index contributed by atoms with van der Waals surface area (Å²) >= 11 is 3.40. The van der Waals surface area contributed by atoms with Gasteiger partial charge in [0.25, 0.3) is 0 Å². The lowest BCUT2D eigenvalue weighted by atomic mass is 10.2. The van der Waals surface area contributed by atoms with Crippen molar-refractivity contribution < 1.29 is 4.42 Å². The Morgan fingerprint density at radius 3 is 2.71 bits per heavy atom. The van der Waals surface area contributed by atoms with E-state index >= 15 is 0 Å². The summed E-state index contributed by atoms with van der Waals surface area (Å²) in [5.41, 5.74) is 11.8. The number of nitrogens with zero attached hydrogens (tertiary/aromatic N) is 2. The van der Waals surface area contributed by atoms with E-state index in [9.17, 15) is 0 Å². The van der Waals surface area contributed by atoms with Crippen LogP contribution < -0.4 is 11.5 Å². The fraction of sp³-hybridized carbons (Fsp3) is 0.0909. The lowest BCUT2D eigenvalue weighted by Crippen LogP contribution is -2.22. The Morgan fingerprint density at radius 1 is 1.24 bits per heavy atom. The van der Waals surface area contributed by atoms with E-state index < -0.39 is 0 Å². The SMILES string of the molecule is C/C(=N/N=C(N)N)c1cc2cc(Br)ccc2o1. The Balaban J connectivity index is 2.43. The molecule has 0 aliphatic heterocycles. The molecule has 0 unspecified atom stereocenters. The molecule has 2 aromatic rings. The van der Waals surface area contributed by atoms with E-state index in [1.54, 1.807) is 6.92 Å². The molecule has 0 saturated heterocycles. The fourth-order valence-electron chi connectivity index (χ4n) is 1.37. The van der Waals surface area contributed by atoms with Crippen LogP contribution in [-0.2, 0) is 0 Å². The van der Waals surface area contributed by atoms with Gasteiger partial charge in [0.1, 0.15) is 11.3 Å². The highest BCUT2D eigenvalue weighted by Crippen LogP contribution is 2.23. The monoisotopic (exact) mass is 294 g/mol. The van der Waals surface area contributed by atoms with Crippen LogP contribution in [0.4, 0.5) is 0 Å². The lowest BCUT2D eigenvalue weighted by Gasteiger charge is -1.91. The second-order valence-corrected chi connectivity index (χ2v) is 4.42. The van der Waals surface area contributed by atoms with Crippen LogP contribution in [0.3, 0.4) is 0 Å². The Kier molecular flexibility index (Phi) is 3.14. The first-order valence-corrected chi connectivity index (χ1v) is 5.68. The molecular weight excluding hydrogens is 284 g/mol. The van der Waals surface area contributed by atoms with Crippen LogP contribution in [0.2, 0.25) is 0 Å². The number of rotatable bonds is 2. The predicted octanol–water partition coefficient (Wildman–Crippen LogP) is 2.19. The van der Waals surface area contributed by atoms with Crippen molar-refractivity contribution in [2.45, 2.75) is 6.92 Å². The van der Waals surface area contributed by atoms with Gasteiger partial charge < -0.3 is 15.9 Å². The number of hydrogen-bond acceptors (Lipinski definition) is 3. The zero-order valence-electron chi connectivity index (χ0n) is 9.14. The van der Waals surface area contributed by atoms with Gasteiger partial charge >= 0.3 is 0 Å². The summed E-state index contributed by atoms with van der Waals surface area (Å²) in [6.07, 6.45) is 0. The molecule has 1 heterocycles. The minimum Gasteiger partial charge on any atom is -0.455 e. The summed E-state index contributed by atoms with van der Waals surface area (Å²) in [4.78, 5) is 0. The van der Waals surface area contributed by atoms with Gasteiger partial charge in [0.2, 0.25) is 5.96 Å². The molecule has 0 saturated carbocycles. The van der Waals surface area contributed by atoms with Crippen LogP contribution in [-0.4, -0.2) is 11.7 Å². The summed E-state index contributed by atoms with van der Waals surface area (Å²) in [6, 6.07) is 7.66. The smallest absolute Gasteiger partial charge is 0.211 e. The number of furan rings is 1. The summed E-state index contributed by atoms with van der Waals surface area (Å²) in [5, 5.41) is 8.43. The van der Waals surface area contributed by atoms with Crippen molar-refractivity contribution in [2.24, 2.45) is 21.7 Å². The third-order valence-electron chi connectivity index (χ3n) is 2.15. The highest BCUT2D eigenvalue weighted by molar-refractivity contribution is 9.10. The molecule has 4 N–H and O–H groups in total. The molecule has 1 aromatic heterocycles. The highest BCUT2D eigenvalue weighted by Gasteiger charge is 2.06. The molecule has 6 heteroatoms. The average Bonchev–Trinajstić information content (AvgIpc) is 2.68. The molecule has 0 radical (unpaired) electrons. The summed E-state index contributed by atoms with van der Waals surface area (Å²) < 4.78 is 6.61. The maximum absolute atomic E-state index is 5.61. The third-order valence-corrected chi connectivity index (χ3v) is 2.64. The largest absolute Gasteiger partial charge is 0.455 e. The maximum Gasteiger partial charge on any atom is 0.211 e. The van der Waals surface area contributed by atoms with Crippen molar-refractivity contribution in [1.82, 2.24) is 0 Å². The molecule has 1 aromatic carbocycles. The Hall–Kier alpha value is -1.82. The molecule has 0 atom stereocenters. The van der Waals surface area contributed by atoms with Crippen molar-refractivity contribution in [1.29, 1.82) is 0 Å². The quantitative estimate of drug-likeness (QED) is 0.505. The van der Waals surface area contributed by atoms with E-state index in [2.05, 4.69) is 26.1 Å². The van der Waals surface area contributed by atoms with Gasteiger partial charge in [-0.15, -0.1) is 10.2 Å². The topological polar surface area (TPSA) is 89.9 Å². The zero-order valence-corrected chi connectivity index (χ0v) is 10.7. The van der Waals surface area contributed by atoms with Crippen molar-refractivity contribution in [3.05, 3.63) is 34.5 Å². The molecule has 0 fully saturated rings. The second-order valence-electron chi connectivity index (χ2n) is 3.50. The number of nitrogens with two attached hydrogens (primary N) is 2. The first kappa shape index (κ1) is 11.7. The van der Waals surface area contributed by atoms with Crippen LogP contribution in [0.1, 0.15) is 12.7 Å². The lowest BCUT2D eigenvalue weighted by molar-refractivity contribution is 0.604. The van der Waals surface area contributed by atoms with E-state index in [0.29, 0.717) is 11.5 Å². The number of fused-ring (bicyclic) bond motifs is 1. The number of halogens is 1. The molecule has 88 valence electrons.